The number of hydrogen-bond acceptors (Lipinski definition) is 4. The molecule has 1 atom stereocenters. The molecule has 124 valence electrons. The van der Waals surface area contributed by atoms with Crippen LogP contribution in [0.5, 0.6) is 0 Å². The van der Waals surface area contributed by atoms with Crippen molar-refractivity contribution in [1.82, 2.24) is 4.90 Å². The molecule has 0 aliphatic carbocycles. The number of carbonyl (C=O) groups excluding carboxylic acids is 1. The number of amides is 1. The second-order valence-electron chi connectivity index (χ2n) is 6.24. The number of sulfone groups is 1. The van der Waals surface area contributed by atoms with Crippen molar-refractivity contribution < 1.29 is 13.2 Å². The third kappa shape index (κ3) is 3.91. The molecule has 1 aromatic rings. The average Bonchev–Trinajstić information content (AvgIpc) is 2.54. The van der Waals surface area contributed by atoms with Gasteiger partial charge in [-0.15, -0.1) is 0 Å². The molecule has 6 heteroatoms. The van der Waals surface area contributed by atoms with Crippen LogP contribution in [0.25, 0.3) is 0 Å². The minimum Gasteiger partial charge on any atom is -0.338 e. The zero-order valence-corrected chi connectivity index (χ0v) is 14.3. The summed E-state index contributed by atoms with van der Waals surface area (Å²) < 4.78 is 24.2. The smallest absolute Gasteiger partial charge is 0.253 e. The SMILES string of the molecule is CC(C)S(=O)(=O)c1ccc(C(=O)N2CCCC(CC#N)C2)cc1. The van der Waals surface area contributed by atoms with E-state index >= 15 is 0 Å². The number of carbonyl (C=O) groups is 1. The van der Waals surface area contributed by atoms with E-state index in [2.05, 4.69) is 6.07 Å². The highest BCUT2D eigenvalue weighted by molar-refractivity contribution is 7.92. The first-order chi connectivity index (χ1) is 10.9. The molecule has 1 saturated heterocycles. The summed E-state index contributed by atoms with van der Waals surface area (Å²) in [6.07, 6.45) is 2.34. The van der Waals surface area contributed by atoms with Crippen LogP contribution < -0.4 is 0 Å². The summed E-state index contributed by atoms with van der Waals surface area (Å²) in [5.41, 5.74) is 0.491. The summed E-state index contributed by atoms with van der Waals surface area (Å²) in [4.78, 5) is 14.5. The fourth-order valence-corrected chi connectivity index (χ4v) is 3.85. The highest BCUT2D eigenvalue weighted by Gasteiger charge is 2.25. The molecule has 0 radical (unpaired) electrons. The molecule has 1 aliphatic rings. The van der Waals surface area contributed by atoms with Gasteiger partial charge >= 0.3 is 0 Å². The fourth-order valence-electron chi connectivity index (χ4n) is 2.79. The maximum atomic E-state index is 12.5. The van der Waals surface area contributed by atoms with Crippen molar-refractivity contribution in [1.29, 1.82) is 5.26 Å². The van der Waals surface area contributed by atoms with Gasteiger partial charge < -0.3 is 4.90 Å². The van der Waals surface area contributed by atoms with Crippen LogP contribution in [0, 0.1) is 17.2 Å². The van der Waals surface area contributed by atoms with Crippen LogP contribution in [0.1, 0.15) is 43.5 Å². The molecule has 1 heterocycles. The number of piperidine rings is 1. The summed E-state index contributed by atoms with van der Waals surface area (Å²) in [7, 11) is -3.32. The topological polar surface area (TPSA) is 78.2 Å². The van der Waals surface area contributed by atoms with Crippen LogP contribution in [0.2, 0.25) is 0 Å². The first-order valence-corrected chi connectivity index (χ1v) is 9.41. The van der Waals surface area contributed by atoms with E-state index in [4.69, 9.17) is 5.26 Å². The van der Waals surface area contributed by atoms with Crippen LogP contribution in [-0.4, -0.2) is 37.6 Å². The molecule has 1 amide bonds. The first-order valence-electron chi connectivity index (χ1n) is 7.86. The van der Waals surface area contributed by atoms with Crippen molar-refractivity contribution in [3.05, 3.63) is 29.8 Å². The summed E-state index contributed by atoms with van der Waals surface area (Å²) in [5, 5.41) is 8.31. The Balaban J connectivity index is 2.13. The van der Waals surface area contributed by atoms with Gasteiger partial charge in [-0.1, -0.05) is 0 Å². The first kappa shape index (κ1) is 17.5. The number of likely N-dealkylation sites (tertiary alicyclic amines) is 1. The standard InChI is InChI=1S/C17H22N2O3S/c1-13(2)23(21,22)16-7-5-15(6-8-16)17(20)19-11-3-4-14(12-19)9-10-18/h5-8,13-14H,3-4,9,11-12H2,1-2H3. The summed E-state index contributed by atoms with van der Waals surface area (Å²) in [6.45, 7) is 4.56. The van der Waals surface area contributed by atoms with E-state index in [9.17, 15) is 13.2 Å². The Hall–Kier alpha value is -1.87. The van der Waals surface area contributed by atoms with Gasteiger partial charge in [0.25, 0.3) is 5.91 Å². The Bertz CT molecular complexity index is 702. The van der Waals surface area contributed by atoms with Crippen molar-refractivity contribution in [2.24, 2.45) is 5.92 Å². The van der Waals surface area contributed by atoms with Crippen molar-refractivity contribution in [2.75, 3.05) is 13.1 Å². The summed E-state index contributed by atoms with van der Waals surface area (Å²) >= 11 is 0. The Morgan fingerprint density at radius 1 is 1.35 bits per heavy atom. The van der Waals surface area contributed by atoms with Crippen molar-refractivity contribution in [3.8, 4) is 6.07 Å². The predicted octanol–water partition coefficient (Wildman–Crippen LogP) is 2.63. The number of benzene rings is 1. The lowest BCUT2D eigenvalue weighted by molar-refractivity contribution is 0.0675. The van der Waals surface area contributed by atoms with Gasteiger partial charge in [-0.05, 0) is 56.9 Å². The highest BCUT2D eigenvalue weighted by atomic mass is 32.2. The Labute approximate surface area is 137 Å². The summed E-state index contributed by atoms with van der Waals surface area (Å²) in [6, 6.07) is 8.31. The number of nitrogens with zero attached hydrogens (tertiary/aromatic N) is 2. The third-order valence-electron chi connectivity index (χ3n) is 4.24. The molecular formula is C17H22N2O3S. The molecule has 2 rings (SSSR count). The monoisotopic (exact) mass is 334 g/mol. The Kier molecular flexibility index (Phi) is 5.42. The van der Waals surface area contributed by atoms with Crippen molar-refractivity contribution >= 4 is 15.7 Å². The van der Waals surface area contributed by atoms with Crippen LogP contribution in [0.3, 0.4) is 0 Å². The van der Waals surface area contributed by atoms with E-state index in [1.807, 2.05) is 0 Å². The summed E-state index contributed by atoms with van der Waals surface area (Å²) in [5.74, 6) is 0.138. The second-order valence-corrected chi connectivity index (χ2v) is 8.74. The van der Waals surface area contributed by atoms with Crippen LogP contribution in [-0.2, 0) is 9.84 Å². The van der Waals surface area contributed by atoms with E-state index < -0.39 is 15.1 Å². The molecule has 0 N–H and O–H groups in total. The number of rotatable bonds is 4. The van der Waals surface area contributed by atoms with Crippen LogP contribution in [0.15, 0.2) is 29.2 Å². The zero-order chi connectivity index (χ0) is 17.0. The lowest BCUT2D eigenvalue weighted by atomic mass is 9.95. The molecule has 1 aliphatic heterocycles. The van der Waals surface area contributed by atoms with E-state index in [1.165, 1.54) is 12.1 Å². The molecule has 0 spiro atoms. The van der Waals surface area contributed by atoms with Gasteiger partial charge in [-0.3, -0.25) is 4.79 Å². The molecule has 1 fully saturated rings. The maximum Gasteiger partial charge on any atom is 0.253 e. The minimum absolute atomic E-state index is 0.0962. The van der Waals surface area contributed by atoms with Gasteiger partial charge in [-0.2, -0.15) is 5.26 Å². The molecule has 0 bridgehead atoms. The van der Waals surface area contributed by atoms with Crippen molar-refractivity contribution in [2.45, 2.75) is 43.3 Å². The quantitative estimate of drug-likeness (QED) is 0.848. The number of nitriles is 1. The van der Waals surface area contributed by atoms with E-state index in [0.717, 1.165) is 12.8 Å². The fraction of sp³-hybridized carbons (Fsp3) is 0.529. The maximum absolute atomic E-state index is 12.5. The van der Waals surface area contributed by atoms with E-state index in [0.29, 0.717) is 25.1 Å². The molecule has 0 aromatic heterocycles. The van der Waals surface area contributed by atoms with Crippen LogP contribution >= 0.6 is 0 Å². The second kappa shape index (κ2) is 7.14. The zero-order valence-electron chi connectivity index (χ0n) is 13.5. The molecular weight excluding hydrogens is 312 g/mol. The molecule has 1 aromatic carbocycles. The van der Waals surface area contributed by atoms with E-state index in [-0.39, 0.29) is 16.7 Å². The van der Waals surface area contributed by atoms with Gasteiger partial charge in [0.2, 0.25) is 0 Å². The average molecular weight is 334 g/mol. The van der Waals surface area contributed by atoms with Gasteiger partial charge in [0.05, 0.1) is 16.2 Å². The Morgan fingerprint density at radius 3 is 2.57 bits per heavy atom. The highest BCUT2D eigenvalue weighted by Crippen LogP contribution is 2.22. The largest absolute Gasteiger partial charge is 0.338 e. The van der Waals surface area contributed by atoms with Crippen molar-refractivity contribution in [3.63, 3.8) is 0 Å². The molecule has 23 heavy (non-hydrogen) atoms. The Morgan fingerprint density at radius 2 is 2.00 bits per heavy atom. The van der Waals surface area contributed by atoms with Gasteiger partial charge in [-0.25, -0.2) is 8.42 Å². The normalized spacial score (nSPS) is 18.7. The lowest BCUT2D eigenvalue weighted by Gasteiger charge is -2.31. The molecule has 0 saturated carbocycles. The minimum atomic E-state index is -3.32. The van der Waals surface area contributed by atoms with Gasteiger partial charge in [0, 0.05) is 25.1 Å². The van der Waals surface area contributed by atoms with Gasteiger partial charge in [0.1, 0.15) is 0 Å². The third-order valence-corrected chi connectivity index (χ3v) is 6.41. The van der Waals surface area contributed by atoms with Crippen LogP contribution in [0.4, 0.5) is 0 Å². The predicted molar refractivity (Wildman–Crippen MR) is 87.6 cm³/mol. The molecule has 5 nitrogen and oxygen atoms in total. The van der Waals surface area contributed by atoms with E-state index in [1.54, 1.807) is 30.9 Å². The number of hydrogen-bond donors (Lipinski definition) is 0. The molecule has 1 unspecified atom stereocenters. The lowest BCUT2D eigenvalue weighted by Crippen LogP contribution is -2.39. The van der Waals surface area contributed by atoms with Gasteiger partial charge in [0.15, 0.2) is 9.84 Å².